The number of pyridine rings is 1. The van der Waals surface area contributed by atoms with Crippen LogP contribution in [-0.2, 0) is 0 Å². The maximum Gasteiger partial charge on any atom is 0.257 e. The molecular formula is C14H15N3OS. The van der Waals surface area contributed by atoms with E-state index < -0.39 is 0 Å². The minimum atomic E-state index is -0.165. The Labute approximate surface area is 116 Å². The van der Waals surface area contributed by atoms with Crippen molar-refractivity contribution in [3.63, 3.8) is 0 Å². The molecule has 1 aromatic carbocycles. The number of aromatic nitrogens is 1. The summed E-state index contributed by atoms with van der Waals surface area (Å²) in [5.74, 6) is 0.342. The van der Waals surface area contributed by atoms with Crippen molar-refractivity contribution in [3.8, 4) is 0 Å². The molecule has 98 valence electrons. The summed E-state index contributed by atoms with van der Waals surface area (Å²) in [5.41, 5.74) is 7.85. The van der Waals surface area contributed by atoms with Crippen molar-refractivity contribution < 1.29 is 4.79 Å². The zero-order valence-corrected chi connectivity index (χ0v) is 11.6. The Morgan fingerprint density at radius 3 is 2.79 bits per heavy atom. The van der Waals surface area contributed by atoms with E-state index in [0.717, 1.165) is 10.5 Å². The number of carbonyl (C=O) groups is 1. The Kier molecular flexibility index (Phi) is 4.06. The van der Waals surface area contributed by atoms with E-state index in [-0.39, 0.29) is 5.91 Å². The number of benzene rings is 1. The Bertz CT molecular complexity index is 613. The molecule has 0 fully saturated rings. The molecule has 5 heteroatoms. The predicted octanol–water partition coefficient (Wildman–Crippen LogP) is 2.95. The van der Waals surface area contributed by atoms with Gasteiger partial charge in [0.25, 0.3) is 5.91 Å². The van der Waals surface area contributed by atoms with E-state index >= 15 is 0 Å². The summed E-state index contributed by atoms with van der Waals surface area (Å²) in [6.45, 7) is 1.88. The highest BCUT2D eigenvalue weighted by Gasteiger charge is 2.11. The number of carbonyl (C=O) groups excluding carboxylic acids is 1. The standard InChI is InChI=1S/C14H15N3OS/c1-9-7-13(16-8-11(9)15)17-14(18)10-5-3-4-6-12(10)19-2/h3-8H,15H2,1-2H3,(H,16,17,18). The third-order valence-electron chi connectivity index (χ3n) is 2.74. The molecule has 2 aromatic rings. The van der Waals surface area contributed by atoms with Gasteiger partial charge < -0.3 is 11.1 Å². The molecule has 1 heterocycles. The van der Waals surface area contributed by atoms with Gasteiger partial charge in [-0.15, -0.1) is 11.8 Å². The fourth-order valence-electron chi connectivity index (χ4n) is 1.65. The second-order valence-electron chi connectivity index (χ2n) is 4.08. The van der Waals surface area contributed by atoms with Crippen LogP contribution in [0.5, 0.6) is 0 Å². The van der Waals surface area contributed by atoms with E-state index in [1.807, 2.05) is 31.4 Å². The number of amides is 1. The fourth-order valence-corrected chi connectivity index (χ4v) is 2.25. The molecular weight excluding hydrogens is 258 g/mol. The molecule has 0 aliphatic heterocycles. The molecule has 0 saturated heterocycles. The van der Waals surface area contributed by atoms with E-state index in [0.29, 0.717) is 17.1 Å². The molecule has 0 spiro atoms. The average Bonchev–Trinajstić information content (AvgIpc) is 2.43. The smallest absolute Gasteiger partial charge is 0.257 e. The van der Waals surface area contributed by atoms with Crippen molar-refractivity contribution in [1.82, 2.24) is 4.98 Å². The molecule has 0 aliphatic carbocycles. The van der Waals surface area contributed by atoms with Crippen molar-refractivity contribution in [3.05, 3.63) is 47.7 Å². The van der Waals surface area contributed by atoms with E-state index in [2.05, 4.69) is 10.3 Å². The summed E-state index contributed by atoms with van der Waals surface area (Å²) in [5, 5.41) is 2.78. The molecule has 2 rings (SSSR count). The molecule has 1 aromatic heterocycles. The third kappa shape index (κ3) is 3.06. The number of anilines is 2. The van der Waals surface area contributed by atoms with Gasteiger partial charge in [0.15, 0.2) is 0 Å². The molecule has 4 nitrogen and oxygen atoms in total. The third-order valence-corrected chi connectivity index (χ3v) is 3.54. The van der Waals surface area contributed by atoms with Crippen LogP contribution in [0.4, 0.5) is 11.5 Å². The zero-order chi connectivity index (χ0) is 13.8. The van der Waals surface area contributed by atoms with Gasteiger partial charge in [-0.2, -0.15) is 0 Å². The van der Waals surface area contributed by atoms with Crippen LogP contribution in [0.1, 0.15) is 15.9 Å². The molecule has 1 amide bonds. The molecule has 19 heavy (non-hydrogen) atoms. The van der Waals surface area contributed by atoms with E-state index in [1.54, 1.807) is 18.3 Å². The summed E-state index contributed by atoms with van der Waals surface area (Å²) < 4.78 is 0. The number of nitrogens with one attached hydrogen (secondary N) is 1. The number of nitrogens with zero attached hydrogens (tertiary/aromatic N) is 1. The topological polar surface area (TPSA) is 68.0 Å². The minimum absolute atomic E-state index is 0.165. The first-order chi connectivity index (χ1) is 9.11. The van der Waals surface area contributed by atoms with Crippen LogP contribution in [0.15, 0.2) is 41.4 Å². The summed E-state index contributed by atoms with van der Waals surface area (Å²) in [4.78, 5) is 17.2. The first kappa shape index (κ1) is 13.4. The van der Waals surface area contributed by atoms with Crippen LogP contribution in [-0.4, -0.2) is 17.1 Å². The molecule has 0 saturated carbocycles. The lowest BCUT2D eigenvalue weighted by Gasteiger charge is -2.09. The van der Waals surface area contributed by atoms with Crippen molar-refractivity contribution in [2.75, 3.05) is 17.3 Å². The monoisotopic (exact) mass is 273 g/mol. The summed E-state index contributed by atoms with van der Waals surface area (Å²) in [7, 11) is 0. The summed E-state index contributed by atoms with van der Waals surface area (Å²) >= 11 is 1.54. The SMILES string of the molecule is CSc1ccccc1C(=O)Nc1cc(C)c(N)cn1. The predicted molar refractivity (Wildman–Crippen MR) is 79.6 cm³/mol. The van der Waals surface area contributed by atoms with Gasteiger partial charge in [0.05, 0.1) is 17.4 Å². The first-order valence-corrected chi connectivity index (χ1v) is 7.01. The van der Waals surface area contributed by atoms with Crippen LogP contribution in [0.3, 0.4) is 0 Å². The van der Waals surface area contributed by atoms with Gasteiger partial charge in [-0.1, -0.05) is 12.1 Å². The minimum Gasteiger partial charge on any atom is -0.397 e. The molecule has 3 N–H and O–H groups in total. The number of rotatable bonds is 3. The Hall–Kier alpha value is -2.01. The van der Waals surface area contributed by atoms with Gasteiger partial charge in [0.1, 0.15) is 5.82 Å². The zero-order valence-electron chi connectivity index (χ0n) is 10.8. The average molecular weight is 273 g/mol. The molecule has 0 aliphatic rings. The Morgan fingerprint density at radius 2 is 2.11 bits per heavy atom. The summed E-state index contributed by atoms with van der Waals surface area (Å²) in [6, 6.07) is 9.23. The maximum absolute atomic E-state index is 12.2. The highest BCUT2D eigenvalue weighted by molar-refractivity contribution is 7.98. The van der Waals surface area contributed by atoms with Crippen molar-refractivity contribution >= 4 is 29.2 Å². The number of thioether (sulfide) groups is 1. The van der Waals surface area contributed by atoms with Gasteiger partial charge in [-0.05, 0) is 36.9 Å². The van der Waals surface area contributed by atoms with Crippen LogP contribution in [0, 0.1) is 6.92 Å². The van der Waals surface area contributed by atoms with Gasteiger partial charge in [-0.3, -0.25) is 4.79 Å². The second-order valence-corrected chi connectivity index (χ2v) is 4.93. The van der Waals surface area contributed by atoms with E-state index in [9.17, 15) is 4.79 Å². The van der Waals surface area contributed by atoms with Crippen molar-refractivity contribution in [2.24, 2.45) is 0 Å². The second kappa shape index (κ2) is 5.75. The highest BCUT2D eigenvalue weighted by atomic mass is 32.2. The van der Waals surface area contributed by atoms with Crippen LogP contribution in [0.25, 0.3) is 0 Å². The summed E-state index contributed by atoms with van der Waals surface area (Å²) in [6.07, 6.45) is 3.49. The van der Waals surface area contributed by atoms with Crippen molar-refractivity contribution in [2.45, 2.75) is 11.8 Å². The van der Waals surface area contributed by atoms with Crippen LogP contribution >= 0.6 is 11.8 Å². The Balaban J connectivity index is 2.23. The fraction of sp³-hybridized carbons (Fsp3) is 0.143. The molecule has 0 atom stereocenters. The van der Waals surface area contributed by atoms with Gasteiger partial charge >= 0.3 is 0 Å². The maximum atomic E-state index is 12.2. The normalized spacial score (nSPS) is 10.2. The number of nitrogens with two attached hydrogens (primary N) is 1. The van der Waals surface area contributed by atoms with E-state index in [1.165, 1.54) is 11.8 Å². The molecule has 0 unspecified atom stereocenters. The Morgan fingerprint density at radius 1 is 1.37 bits per heavy atom. The lowest BCUT2D eigenvalue weighted by atomic mass is 10.2. The van der Waals surface area contributed by atoms with Crippen molar-refractivity contribution in [1.29, 1.82) is 0 Å². The van der Waals surface area contributed by atoms with E-state index in [4.69, 9.17) is 5.73 Å². The van der Waals surface area contributed by atoms with Gasteiger partial charge in [-0.25, -0.2) is 4.98 Å². The van der Waals surface area contributed by atoms with Gasteiger partial charge in [0.2, 0.25) is 0 Å². The largest absolute Gasteiger partial charge is 0.397 e. The van der Waals surface area contributed by atoms with Crippen LogP contribution in [0.2, 0.25) is 0 Å². The van der Waals surface area contributed by atoms with Crippen LogP contribution < -0.4 is 11.1 Å². The number of nitrogen functional groups attached to an aromatic ring is 1. The number of hydrogen-bond acceptors (Lipinski definition) is 4. The first-order valence-electron chi connectivity index (χ1n) is 5.78. The number of hydrogen-bond donors (Lipinski definition) is 2. The quantitative estimate of drug-likeness (QED) is 0.844. The molecule has 0 bridgehead atoms. The lowest BCUT2D eigenvalue weighted by molar-refractivity contribution is 0.102. The highest BCUT2D eigenvalue weighted by Crippen LogP contribution is 2.21. The lowest BCUT2D eigenvalue weighted by Crippen LogP contribution is -2.14. The van der Waals surface area contributed by atoms with Gasteiger partial charge in [0, 0.05) is 4.90 Å². The number of aryl methyl sites for hydroxylation is 1. The molecule has 0 radical (unpaired) electrons.